The van der Waals surface area contributed by atoms with Crippen LogP contribution in [0.5, 0.6) is 0 Å². The predicted molar refractivity (Wildman–Crippen MR) is 66.2 cm³/mol. The second kappa shape index (κ2) is 4.41. The van der Waals surface area contributed by atoms with Gasteiger partial charge in [0.2, 0.25) is 6.29 Å². The Labute approximate surface area is 98.5 Å². The smallest absolute Gasteiger partial charge is 0.336 e. The molecule has 2 aromatic rings. The van der Waals surface area contributed by atoms with E-state index in [1.165, 1.54) is 6.07 Å². The van der Waals surface area contributed by atoms with Crippen molar-refractivity contribution in [2.24, 2.45) is 0 Å². The average molecular weight is 230 g/mol. The van der Waals surface area contributed by atoms with Gasteiger partial charge in [0, 0.05) is 43.7 Å². The van der Waals surface area contributed by atoms with Gasteiger partial charge in [-0.2, -0.15) is 0 Å². The first-order valence-electron chi connectivity index (χ1n) is 5.21. The number of anilines is 1. The summed E-state index contributed by atoms with van der Waals surface area (Å²) < 4.78 is 5.13. The highest BCUT2D eigenvalue weighted by Crippen LogP contribution is 2.22. The number of benzene rings is 1. The third-order valence-corrected chi connectivity index (χ3v) is 2.59. The summed E-state index contributed by atoms with van der Waals surface area (Å²) in [5, 5.41) is 0.776. The fourth-order valence-corrected chi connectivity index (χ4v) is 1.72. The van der Waals surface area contributed by atoms with Gasteiger partial charge in [-0.05, 0) is 17.7 Å². The second-order valence-corrected chi connectivity index (χ2v) is 3.99. The molecule has 1 aromatic carbocycles. The van der Waals surface area contributed by atoms with Crippen molar-refractivity contribution in [3.8, 4) is 0 Å². The van der Waals surface area contributed by atoms with Gasteiger partial charge in [-0.25, -0.2) is 4.79 Å². The lowest BCUT2D eigenvalue weighted by Gasteiger charge is -2.12. The Morgan fingerprint density at radius 1 is 1.29 bits per heavy atom. The first-order chi connectivity index (χ1) is 8.11. The molecule has 4 heteroatoms. The summed E-state index contributed by atoms with van der Waals surface area (Å²) in [6, 6.07) is 6.88. The van der Waals surface area contributed by atoms with Gasteiger partial charge in [0.15, 0.2) is 0 Å². The SMILES string of the molecule is CN(C)c1ccc2c(C[C]=O)cc(=O)oc2c1. The van der Waals surface area contributed by atoms with E-state index in [1.54, 1.807) is 12.4 Å². The minimum atomic E-state index is -0.446. The zero-order valence-corrected chi connectivity index (χ0v) is 9.69. The summed E-state index contributed by atoms with van der Waals surface area (Å²) in [5.41, 5.74) is 1.64. The Balaban J connectivity index is 2.70. The van der Waals surface area contributed by atoms with E-state index in [2.05, 4.69) is 0 Å². The zero-order chi connectivity index (χ0) is 12.4. The van der Waals surface area contributed by atoms with Crippen LogP contribution >= 0.6 is 0 Å². The third-order valence-electron chi connectivity index (χ3n) is 2.59. The van der Waals surface area contributed by atoms with E-state index in [0.29, 0.717) is 11.1 Å². The molecule has 0 saturated carbocycles. The average Bonchev–Trinajstić information content (AvgIpc) is 2.28. The van der Waals surface area contributed by atoms with Crippen LogP contribution in [0.15, 0.2) is 33.5 Å². The van der Waals surface area contributed by atoms with Gasteiger partial charge in [0.25, 0.3) is 0 Å². The Kier molecular flexibility index (Phi) is 2.95. The lowest BCUT2D eigenvalue weighted by Crippen LogP contribution is -2.09. The maximum absolute atomic E-state index is 11.4. The molecule has 1 radical (unpaired) electrons. The van der Waals surface area contributed by atoms with Gasteiger partial charge in [0.05, 0.1) is 0 Å². The largest absolute Gasteiger partial charge is 0.423 e. The Morgan fingerprint density at radius 3 is 2.71 bits per heavy atom. The van der Waals surface area contributed by atoms with Crippen molar-refractivity contribution in [2.75, 3.05) is 19.0 Å². The van der Waals surface area contributed by atoms with E-state index in [4.69, 9.17) is 4.42 Å². The van der Waals surface area contributed by atoms with Crippen LogP contribution in [-0.2, 0) is 11.2 Å². The molecular formula is C13H12NO3. The van der Waals surface area contributed by atoms with Crippen LogP contribution in [-0.4, -0.2) is 20.4 Å². The Bertz CT molecular complexity index is 614. The molecule has 17 heavy (non-hydrogen) atoms. The van der Waals surface area contributed by atoms with Gasteiger partial charge in [0.1, 0.15) is 5.58 Å². The number of rotatable bonds is 3. The zero-order valence-electron chi connectivity index (χ0n) is 9.69. The van der Waals surface area contributed by atoms with Gasteiger partial charge < -0.3 is 9.32 Å². The van der Waals surface area contributed by atoms with Crippen molar-refractivity contribution >= 4 is 22.9 Å². The lowest BCUT2D eigenvalue weighted by atomic mass is 10.1. The predicted octanol–water partition coefficient (Wildman–Crippen LogP) is 1.51. The molecule has 1 heterocycles. The van der Waals surface area contributed by atoms with Crippen LogP contribution in [0.2, 0.25) is 0 Å². The normalized spacial score (nSPS) is 10.5. The molecule has 0 aliphatic rings. The highest BCUT2D eigenvalue weighted by atomic mass is 16.4. The van der Waals surface area contributed by atoms with E-state index >= 15 is 0 Å². The summed E-state index contributed by atoms with van der Waals surface area (Å²) in [4.78, 5) is 23.7. The molecule has 87 valence electrons. The first kappa shape index (κ1) is 11.4. The second-order valence-electron chi connectivity index (χ2n) is 3.99. The summed E-state index contributed by atoms with van der Waals surface area (Å²) >= 11 is 0. The Morgan fingerprint density at radius 2 is 2.06 bits per heavy atom. The number of hydrogen-bond donors (Lipinski definition) is 0. The molecule has 0 spiro atoms. The van der Waals surface area contributed by atoms with Crippen LogP contribution in [0.25, 0.3) is 11.0 Å². The van der Waals surface area contributed by atoms with E-state index in [-0.39, 0.29) is 6.42 Å². The Hall–Kier alpha value is -2.10. The van der Waals surface area contributed by atoms with E-state index in [1.807, 2.05) is 31.1 Å². The minimum absolute atomic E-state index is 0.101. The van der Waals surface area contributed by atoms with Crippen LogP contribution in [0.4, 0.5) is 5.69 Å². The van der Waals surface area contributed by atoms with E-state index in [9.17, 15) is 9.59 Å². The quantitative estimate of drug-likeness (QED) is 0.750. The highest BCUT2D eigenvalue weighted by molar-refractivity contribution is 5.85. The van der Waals surface area contributed by atoms with Crippen molar-refractivity contribution in [1.29, 1.82) is 0 Å². The third kappa shape index (κ3) is 2.20. The van der Waals surface area contributed by atoms with Crippen molar-refractivity contribution in [3.63, 3.8) is 0 Å². The molecule has 0 fully saturated rings. The van der Waals surface area contributed by atoms with Crippen LogP contribution in [0.1, 0.15) is 5.56 Å². The standard InChI is InChI=1S/C13H12NO3/c1-14(2)10-3-4-11-9(5-6-15)7-13(16)17-12(11)8-10/h3-4,7-8H,5H2,1-2H3. The molecule has 0 unspecified atom stereocenters. The molecule has 4 nitrogen and oxygen atoms in total. The van der Waals surface area contributed by atoms with Gasteiger partial charge >= 0.3 is 5.63 Å². The number of nitrogens with zero attached hydrogens (tertiary/aromatic N) is 1. The molecular weight excluding hydrogens is 218 g/mol. The van der Waals surface area contributed by atoms with Crippen molar-refractivity contribution in [3.05, 3.63) is 40.2 Å². The molecule has 0 N–H and O–H groups in total. The van der Waals surface area contributed by atoms with E-state index in [0.717, 1.165) is 11.1 Å². The summed E-state index contributed by atoms with van der Waals surface area (Å²) in [6.07, 6.45) is 1.90. The maximum Gasteiger partial charge on any atom is 0.336 e. The van der Waals surface area contributed by atoms with Crippen LogP contribution in [0, 0.1) is 0 Å². The van der Waals surface area contributed by atoms with Crippen molar-refractivity contribution < 1.29 is 9.21 Å². The van der Waals surface area contributed by atoms with Gasteiger partial charge in [-0.15, -0.1) is 0 Å². The minimum Gasteiger partial charge on any atom is -0.423 e. The topological polar surface area (TPSA) is 50.5 Å². The van der Waals surface area contributed by atoms with Gasteiger partial charge in [-0.3, -0.25) is 4.79 Å². The first-order valence-corrected chi connectivity index (χ1v) is 5.21. The molecule has 2 rings (SSSR count). The lowest BCUT2D eigenvalue weighted by molar-refractivity contribution is 0.552. The molecule has 0 aliphatic carbocycles. The molecule has 0 aliphatic heterocycles. The molecule has 0 bridgehead atoms. The molecule has 0 amide bonds. The van der Waals surface area contributed by atoms with Crippen molar-refractivity contribution in [2.45, 2.75) is 6.42 Å². The van der Waals surface area contributed by atoms with Gasteiger partial charge in [-0.1, -0.05) is 0 Å². The van der Waals surface area contributed by atoms with Crippen LogP contribution in [0.3, 0.4) is 0 Å². The fraction of sp³-hybridized carbons (Fsp3) is 0.231. The van der Waals surface area contributed by atoms with Crippen molar-refractivity contribution in [1.82, 2.24) is 0 Å². The molecule has 0 saturated heterocycles. The fourth-order valence-electron chi connectivity index (χ4n) is 1.72. The number of carbonyl (C=O) groups excluding carboxylic acids is 1. The highest BCUT2D eigenvalue weighted by Gasteiger charge is 2.07. The summed E-state index contributed by atoms with van der Waals surface area (Å²) in [7, 11) is 3.81. The molecule has 0 atom stereocenters. The monoisotopic (exact) mass is 230 g/mol. The summed E-state index contributed by atoms with van der Waals surface area (Å²) in [5.74, 6) is 0. The van der Waals surface area contributed by atoms with Crippen LogP contribution < -0.4 is 10.5 Å². The number of hydrogen-bond acceptors (Lipinski definition) is 4. The maximum atomic E-state index is 11.4. The summed E-state index contributed by atoms with van der Waals surface area (Å²) in [6.45, 7) is 0. The molecule has 1 aromatic heterocycles. The number of fused-ring (bicyclic) bond motifs is 1. The van der Waals surface area contributed by atoms with E-state index < -0.39 is 5.63 Å².